The van der Waals surface area contributed by atoms with Crippen molar-refractivity contribution >= 4 is 11.9 Å². The highest BCUT2D eigenvalue weighted by Crippen LogP contribution is 2.16. The van der Waals surface area contributed by atoms with Crippen molar-refractivity contribution in [3.8, 4) is 0 Å². The number of nitrogens with one attached hydrogen (secondary N) is 1. The van der Waals surface area contributed by atoms with Gasteiger partial charge in [-0.2, -0.15) is 0 Å². The van der Waals surface area contributed by atoms with Crippen molar-refractivity contribution in [3.63, 3.8) is 0 Å². The summed E-state index contributed by atoms with van der Waals surface area (Å²) in [6.45, 7) is 4.88. The average Bonchev–Trinajstić information content (AvgIpc) is 3.31. The Kier molecular flexibility index (Phi) is 53.1. The molecule has 382 valence electrons. The van der Waals surface area contributed by atoms with Gasteiger partial charge in [0.25, 0.3) is 0 Å². The van der Waals surface area contributed by atoms with E-state index >= 15 is 0 Å². The number of carbonyl (C=O) groups is 2. The molecule has 3 N–H and O–H groups in total. The van der Waals surface area contributed by atoms with Gasteiger partial charge in [0, 0.05) is 12.8 Å². The van der Waals surface area contributed by atoms with Crippen LogP contribution in [-0.2, 0) is 14.3 Å². The van der Waals surface area contributed by atoms with Crippen molar-refractivity contribution in [1.29, 1.82) is 0 Å². The number of hydrogen-bond donors (Lipinski definition) is 3. The molecule has 1 amide bonds. The second-order valence-corrected chi connectivity index (χ2v) is 19.6. The van der Waals surface area contributed by atoms with Crippen LogP contribution in [0, 0.1) is 0 Å². The van der Waals surface area contributed by atoms with Crippen molar-refractivity contribution in [2.75, 3.05) is 13.2 Å². The molecule has 0 aromatic heterocycles. The molecule has 0 radical (unpaired) electrons. The maximum Gasteiger partial charge on any atom is 0.305 e. The van der Waals surface area contributed by atoms with Crippen LogP contribution < -0.4 is 5.32 Å². The molecule has 0 aromatic carbocycles. The second-order valence-electron chi connectivity index (χ2n) is 19.6. The third-order valence-corrected chi connectivity index (χ3v) is 13.1. The number of aliphatic hydroxyl groups excluding tert-OH is 2. The lowest BCUT2D eigenvalue weighted by Gasteiger charge is -2.20. The Labute approximate surface area is 404 Å². The Balaban J connectivity index is 3.47. The molecular formula is C59H111NO5. The fourth-order valence-corrected chi connectivity index (χ4v) is 8.68. The number of carbonyl (C=O) groups excluding carboxylic acids is 2. The van der Waals surface area contributed by atoms with E-state index in [2.05, 4.69) is 43.5 Å². The molecule has 0 saturated carbocycles. The summed E-state index contributed by atoms with van der Waals surface area (Å²) in [4.78, 5) is 24.5. The monoisotopic (exact) mass is 914 g/mol. The number of aliphatic hydroxyl groups is 2. The molecule has 0 aromatic rings. The lowest BCUT2D eigenvalue weighted by Crippen LogP contribution is -2.45. The second kappa shape index (κ2) is 54.7. The number of hydrogen-bond acceptors (Lipinski definition) is 5. The zero-order valence-electron chi connectivity index (χ0n) is 43.5. The zero-order chi connectivity index (χ0) is 47.2. The molecule has 0 aliphatic carbocycles. The van der Waals surface area contributed by atoms with E-state index in [1.165, 1.54) is 212 Å². The molecule has 6 heteroatoms. The van der Waals surface area contributed by atoms with E-state index < -0.39 is 12.1 Å². The lowest BCUT2D eigenvalue weighted by molar-refractivity contribution is -0.143. The van der Waals surface area contributed by atoms with E-state index in [-0.39, 0.29) is 18.5 Å². The number of unbranched alkanes of at least 4 members (excludes halogenated alkanes) is 38. The minimum atomic E-state index is -0.853. The van der Waals surface area contributed by atoms with Crippen LogP contribution >= 0.6 is 0 Å². The van der Waals surface area contributed by atoms with Crippen LogP contribution in [0.2, 0.25) is 0 Å². The van der Waals surface area contributed by atoms with E-state index in [9.17, 15) is 19.8 Å². The Morgan fingerprint density at radius 3 is 1.09 bits per heavy atom. The van der Waals surface area contributed by atoms with Crippen molar-refractivity contribution in [2.45, 2.75) is 315 Å². The first-order chi connectivity index (χ1) is 32.0. The van der Waals surface area contributed by atoms with Crippen molar-refractivity contribution in [2.24, 2.45) is 0 Å². The standard InChI is InChI=1S/C59H111NO5/c1-3-5-7-9-11-13-15-17-19-25-29-33-37-41-45-49-53-59(64)65-54-50-46-42-38-34-30-26-23-21-20-22-24-28-32-36-40-44-48-52-58(63)60-56(55-61)57(62)51-47-43-39-35-31-27-18-16-14-12-10-8-6-4-2/h19,22,24-25,47,51,56-57,61-62H,3-18,20-21,23,26-46,48-50,52-55H2,1-2H3,(H,60,63)/b24-22-,25-19-,51-47+. The Bertz CT molecular complexity index is 1060. The summed E-state index contributed by atoms with van der Waals surface area (Å²) in [5.74, 6) is -0.0880. The van der Waals surface area contributed by atoms with Gasteiger partial charge in [0.15, 0.2) is 0 Å². The Morgan fingerprint density at radius 1 is 0.415 bits per heavy atom. The van der Waals surface area contributed by atoms with Gasteiger partial charge in [0.2, 0.25) is 5.91 Å². The van der Waals surface area contributed by atoms with Crippen molar-refractivity contribution in [1.82, 2.24) is 5.32 Å². The van der Waals surface area contributed by atoms with Crippen LogP contribution in [0.4, 0.5) is 0 Å². The highest BCUT2D eigenvalue weighted by atomic mass is 16.5. The molecule has 6 nitrogen and oxygen atoms in total. The third kappa shape index (κ3) is 51.3. The maximum atomic E-state index is 12.4. The summed E-state index contributed by atoms with van der Waals surface area (Å²) in [6.07, 6.45) is 67.3. The van der Waals surface area contributed by atoms with Gasteiger partial charge in [-0.15, -0.1) is 0 Å². The number of rotatable bonds is 53. The molecule has 0 bridgehead atoms. The summed E-state index contributed by atoms with van der Waals surface area (Å²) in [5, 5.41) is 23.1. The molecule has 0 aliphatic rings. The van der Waals surface area contributed by atoms with Crippen LogP contribution in [-0.4, -0.2) is 47.4 Å². The Morgan fingerprint density at radius 2 is 0.723 bits per heavy atom. The first-order valence-corrected chi connectivity index (χ1v) is 28.8. The van der Waals surface area contributed by atoms with Gasteiger partial charge in [0.1, 0.15) is 0 Å². The van der Waals surface area contributed by atoms with Gasteiger partial charge in [-0.1, -0.05) is 243 Å². The largest absolute Gasteiger partial charge is 0.466 e. The van der Waals surface area contributed by atoms with Crippen LogP contribution in [0.25, 0.3) is 0 Å². The van der Waals surface area contributed by atoms with Gasteiger partial charge in [-0.05, 0) is 83.5 Å². The van der Waals surface area contributed by atoms with Gasteiger partial charge >= 0.3 is 5.97 Å². The lowest BCUT2D eigenvalue weighted by atomic mass is 10.0. The molecule has 0 aliphatic heterocycles. The summed E-state index contributed by atoms with van der Waals surface area (Å²) < 4.78 is 5.47. The van der Waals surface area contributed by atoms with E-state index in [1.54, 1.807) is 6.08 Å². The van der Waals surface area contributed by atoms with Gasteiger partial charge in [-0.25, -0.2) is 0 Å². The summed E-state index contributed by atoms with van der Waals surface area (Å²) in [6, 6.07) is -0.638. The fraction of sp³-hybridized carbons (Fsp3) is 0.864. The van der Waals surface area contributed by atoms with E-state index in [0.717, 1.165) is 64.2 Å². The van der Waals surface area contributed by atoms with Crippen LogP contribution in [0.1, 0.15) is 303 Å². The molecule has 0 saturated heterocycles. The zero-order valence-corrected chi connectivity index (χ0v) is 43.5. The molecule has 0 spiro atoms. The quantitative estimate of drug-likeness (QED) is 0.0321. The summed E-state index contributed by atoms with van der Waals surface area (Å²) in [5.41, 5.74) is 0. The van der Waals surface area contributed by atoms with Crippen LogP contribution in [0.5, 0.6) is 0 Å². The molecule has 65 heavy (non-hydrogen) atoms. The van der Waals surface area contributed by atoms with Crippen LogP contribution in [0.3, 0.4) is 0 Å². The molecule has 2 atom stereocenters. The van der Waals surface area contributed by atoms with Gasteiger partial charge in [0.05, 0.1) is 25.4 Å². The average molecular weight is 915 g/mol. The highest BCUT2D eigenvalue weighted by molar-refractivity contribution is 5.76. The molecule has 0 rings (SSSR count). The minimum absolute atomic E-state index is 0.00553. The predicted molar refractivity (Wildman–Crippen MR) is 283 cm³/mol. The first kappa shape index (κ1) is 63.1. The van der Waals surface area contributed by atoms with Gasteiger partial charge in [-0.3, -0.25) is 9.59 Å². The third-order valence-electron chi connectivity index (χ3n) is 13.1. The number of amides is 1. The van der Waals surface area contributed by atoms with Crippen LogP contribution in [0.15, 0.2) is 36.5 Å². The normalized spacial score (nSPS) is 12.9. The summed E-state index contributed by atoms with van der Waals surface area (Å²) in [7, 11) is 0. The first-order valence-electron chi connectivity index (χ1n) is 28.8. The maximum absolute atomic E-state index is 12.4. The number of ether oxygens (including phenoxy) is 1. The van der Waals surface area contributed by atoms with E-state index in [0.29, 0.717) is 19.4 Å². The molecular weight excluding hydrogens is 803 g/mol. The molecule has 0 fully saturated rings. The van der Waals surface area contributed by atoms with Crippen molar-refractivity contribution in [3.05, 3.63) is 36.5 Å². The number of allylic oxidation sites excluding steroid dienone is 5. The SMILES string of the molecule is CCCCCCCCC/C=C\CCCCCCCC(=O)OCCCCCCCCCCC/C=C\CCCCCCCC(=O)NC(CO)C(O)/C=C/CCCCCCCCCCCCCC. The topological polar surface area (TPSA) is 95.9 Å². The Hall–Kier alpha value is -1.92. The fourth-order valence-electron chi connectivity index (χ4n) is 8.68. The smallest absolute Gasteiger partial charge is 0.305 e. The van der Waals surface area contributed by atoms with E-state index in [1.807, 2.05) is 6.08 Å². The van der Waals surface area contributed by atoms with Gasteiger partial charge < -0.3 is 20.3 Å². The molecule has 2 unspecified atom stereocenters. The van der Waals surface area contributed by atoms with E-state index in [4.69, 9.17) is 4.74 Å². The highest BCUT2D eigenvalue weighted by Gasteiger charge is 2.18. The predicted octanol–water partition coefficient (Wildman–Crippen LogP) is 17.6. The summed E-state index contributed by atoms with van der Waals surface area (Å²) >= 11 is 0. The minimum Gasteiger partial charge on any atom is -0.466 e. The van der Waals surface area contributed by atoms with Crippen molar-refractivity contribution < 1.29 is 24.5 Å². The number of esters is 1. The molecule has 0 heterocycles.